The SMILES string of the molecule is [2H]c1c([2H])c([2H])c(N(c2c([2H])c([2H])c([2H])c([2H])c2[2H])c2c([2H])c([2H])c(-c3cc(-c4nc(-c5ccccc5)nc(-c5ccccc5)n4)c4c(c3)oc3ccccc34)c([2H])c2[2H])c([2H])c1[2H]. The molecule has 0 unspecified atom stereocenters. The van der Waals surface area contributed by atoms with E-state index in [2.05, 4.69) is 0 Å². The van der Waals surface area contributed by atoms with Gasteiger partial charge < -0.3 is 9.32 Å². The number of furan rings is 1. The van der Waals surface area contributed by atoms with Gasteiger partial charge in [0, 0.05) is 44.5 Å². The molecule has 9 aromatic rings. The number of para-hydroxylation sites is 3. The molecule has 0 bridgehead atoms. The first kappa shape index (κ1) is 18.1. The normalized spacial score (nSPS) is 15.1. The van der Waals surface area contributed by atoms with Crippen molar-refractivity contribution >= 4 is 39.0 Å². The number of fused-ring (bicyclic) bond motifs is 3. The third-order valence-corrected chi connectivity index (χ3v) is 7.96. The Morgan fingerprint density at radius 3 is 1.56 bits per heavy atom. The number of hydrogen-bond acceptors (Lipinski definition) is 5. The molecule has 50 heavy (non-hydrogen) atoms. The minimum atomic E-state index is -0.888. The van der Waals surface area contributed by atoms with E-state index in [9.17, 15) is 5.48 Å². The molecule has 236 valence electrons. The molecule has 0 N–H and O–H groups in total. The molecule has 2 heterocycles. The Balaban J connectivity index is 1.35. The van der Waals surface area contributed by atoms with Gasteiger partial charge in [0.25, 0.3) is 0 Å². The van der Waals surface area contributed by atoms with E-state index in [0.717, 1.165) is 0 Å². The first-order valence-electron chi connectivity index (χ1n) is 22.5. The molecule has 5 heteroatoms. The molecule has 0 saturated carbocycles. The maximum absolute atomic E-state index is 9.48. The van der Waals surface area contributed by atoms with Crippen LogP contribution in [0.4, 0.5) is 17.1 Å². The van der Waals surface area contributed by atoms with Gasteiger partial charge in [-0.05, 0) is 65.6 Å². The van der Waals surface area contributed by atoms with Crippen molar-refractivity contribution in [2.45, 2.75) is 0 Å². The van der Waals surface area contributed by atoms with Crippen molar-refractivity contribution in [2.75, 3.05) is 4.90 Å². The van der Waals surface area contributed by atoms with Crippen LogP contribution in [0.5, 0.6) is 0 Å². The highest BCUT2D eigenvalue weighted by molar-refractivity contribution is 6.13. The zero-order valence-electron chi connectivity index (χ0n) is 39.9. The average Bonchev–Trinajstić information content (AvgIpc) is 3.69. The summed E-state index contributed by atoms with van der Waals surface area (Å²) in [6.45, 7) is 0. The van der Waals surface area contributed by atoms with Crippen LogP contribution in [-0.4, -0.2) is 15.0 Å². The van der Waals surface area contributed by atoms with Crippen LogP contribution in [0.15, 0.2) is 186 Å². The number of anilines is 3. The lowest BCUT2D eigenvalue weighted by molar-refractivity contribution is 0.669. The van der Waals surface area contributed by atoms with E-state index in [4.69, 9.17) is 33.1 Å². The zero-order valence-corrected chi connectivity index (χ0v) is 25.9. The molecule has 5 nitrogen and oxygen atoms in total. The van der Waals surface area contributed by atoms with Crippen molar-refractivity contribution in [3.63, 3.8) is 0 Å². The van der Waals surface area contributed by atoms with E-state index >= 15 is 0 Å². The number of aromatic nitrogens is 3. The van der Waals surface area contributed by atoms with Gasteiger partial charge in [-0.1, -0.05) is 127 Å². The first-order chi connectivity index (χ1) is 30.6. The second-order valence-corrected chi connectivity index (χ2v) is 11.0. The van der Waals surface area contributed by atoms with Crippen molar-refractivity contribution in [2.24, 2.45) is 0 Å². The van der Waals surface area contributed by atoms with Gasteiger partial charge in [-0.2, -0.15) is 0 Å². The van der Waals surface area contributed by atoms with Crippen molar-refractivity contribution < 1.29 is 23.6 Å². The minimum Gasteiger partial charge on any atom is -0.456 e. The lowest BCUT2D eigenvalue weighted by Gasteiger charge is -2.25. The monoisotopic (exact) mass is 656 g/mol. The van der Waals surface area contributed by atoms with Gasteiger partial charge in [0.2, 0.25) is 0 Å². The lowest BCUT2D eigenvalue weighted by atomic mass is 9.97. The van der Waals surface area contributed by atoms with Crippen LogP contribution in [0, 0.1) is 0 Å². The summed E-state index contributed by atoms with van der Waals surface area (Å²) in [5.41, 5.74) is 0.210. The fourth-order valence-corrected chi connectivity index (χ4v) is 5.71. The third kappa shape index (κ3) is 5.47. The summed E-state index contributed by atoms with van der Waals surface area (Å²) in [7, 11) is 0. The predicted molar refractivity (Wildman–Crippen MR) is 204 cm³/mol. The second kappa shape index (κ2) is 12.6. The maximum Gasteiger partial charge on any atom is 0.164 e. The Labute approximate surface area is 309 Å². The lowest BCUT2D eigenvalue weighted by Crippen LogP contribution is -2.09. The smallest absolute Gasteiger partial charge is 0.164 e. The highest BCUT2D eigenvalue weighted by Gasteiger charge is 2.20. The fraction of sp³-hybridized carbons (Fsp3) is 0. The number of hydrogen-bond donors (Lipinski definition) is 0. The van der Waals surface area contributed by atoms with E-state index in [1.54, 1.807) is 24.3 Å². The molecule has 0 aliphatic carbocycles. The van der Waals surface area contributed by atoms with E-state index in [0.29, 0.717) is 49.6 Å². The Morgan fingerprint density at radius 2 is 0.960 bits per heavy atom. The first-order valence-corrected chi connectivity index (χ1v) is 15.5. The molecule has 0 radical (unpaired) electrons. The van der Waals surface area contributed by atoms with E-state index in [-0.39, 0.29) is 22.5 Å². The van der Waals surface area contributed by atoms with Gasteiger partial charge in [0.1, 0.15) is 11.2 Å². The van der Waals surface area contributed by atoms with Crippen molar-refractivity contribution in [3.05, 3.63) is 182 Å². The number of nitrogens with zero attached hydrogens (tertiary/aromatic N) is 4. The standard InChI is InChI=1S/C45H30N4O/c1-5-15-32(16-6-1)43-46-44(33-17-7-2-8-18-33)48-45(47-43)39-29-34(30-41-42(39)38-23-13-14-24-40(38)50-41)31-25-27-37(28-26-31)49(35-19-9-3-10-20-35)36-21-11-4-12-22-36/h1-30H/i3D,4D,9D,10D,11D,12D,19D,20D,21D,22D,25D,26D,27D,28D. The van der Waals surface area contributed by atoms with E-state index < -0.39 is 102 Å². The van der Waals surface area contributed by atoms with Crippen LogP contribution in [-0.2, 0) is 0 Å². The average molecular weight is 657 g/mol. The molecule has 0 aliphatic heterocycles. The van der Waals surface area contributed by atoms with Crippen LogP contribution in [0.1, 0.15) is 19.2 Å². The Morgan fingerprint density at radius 1 is 0.440 bits per heavy atom. The maximum atomic E-state index is 9.48. The highest BCUT2D eigenvalue weighted by Crippen LogP contribution is 2.41. The second-order valence-electron chi connectivity index (χ2n) is 11.0. The molecule has 0 atom stereocenters. The summed E-state index contributed by atoms with van der Waals surface area (Å²) >= 11 is 0. The van der Waals surface area contributed by atoms with Crippen LogP contribution < -0.4 is 4.90 Å². The Bertz CT molecular complexity index is 3190. The molecular weight excluding hydrogens is 613 g/mol. The van der Waals surface area contributed by atoms with E-state index in [1.165, 1.54) is 0 Å². The zero-order chi connectivity index (χ0) is 45.5. The number of rotatable bonds is 7. The fourth-order valence-electron chi connectivity index (χ4n) is 5.71. The van der Waals surface area contributed by atoms with Gasteiger partial charge in [0.05, 0.1) is 19.2 Å². The molecule has 9 rings (SSSR count). The molecular formula is C45H30N4O. The van der Waals surface area contributed by atoms with Gasteiger partial charge in [-0.3, -0.25) is 0 Å². The van der Waals surface area contributed by atoms with Crippen LogP contribution in [0.2, 0.25) is 0 Å². The van der Waals surface area contributed by atoms with Gasteiger partial charge >= 0.3 is 0 Å². The third-order valence-electron chi connectivity index (χ3n) is 7.96. The topological polar surface area (TPSA) is 55.1 Å². The molecule has 0 amide bonds. The molecule has 0 spiro atoms. The van der Waals surface area contributed by atoms with Crippen molar-refractivity contribution in [1.29, 1.82) is 0 Å². The van der Waals surface area contributed by atoms with Crippen LogP contribution in [0.25, 0.3) is 67.2 Å². The van der Waals surface area contributed by atoms with E-state index in [1.807, 2.05) is 72.8 Å². The van der Waals surface area contributed by atoms with Crippen LogP contribution in [0.3, 0.4) is 0 Å². The van der Waals surface area contributed by atoms with Gasteiger partial charge in [-0.15, -0.1) is 0 Å². The summed E-state index contributed by atoms with van der Waals surface area (Å²) in [6.07, 6.45) is 0. The molecule has 0 fully saturated rings. The molecule has 0 saturated heterocycles. The summed E-state index contributed by atoms with van der Waals surface area (Å²) in [5.74, 6) is 0.904. The van der Waals surface area contributed by atoms with Gasteiger partial charge in [0.15, 0.2) is 17.5 Å². The highest BCUT2D eigenvalue weighted by atomic mass is 16.3. The number of benzene rings is 7. The quantitative estimate of drug-likeness (QED) is 0.171. The summed E-state index contributed by atoms with van der Waals surface area (Å²) in [4.78, 5) is 15.3. The molecule has 7 aromatic carbocycles. The largest absolute Gasteiger partial charge is 0.456 e. The van der Waals surface area contributed by atoms with Gasteiger partial charge in [-0.25, -0.2) is 15.0 Å². The summed E-state index contributed by atoms with van der Waals surface area (Å²) in [5, 5.41) is 1.29. The summed E-state index contributed by atoms with van der Waals surface area (Å²) in [6, 6.07) is 17.5. The van der Waals surface area contributed by atoms with Crippen molar-refractivity contribution in [1.82, 2.24) is 15.0 Å². The summed E-state index contributed by atoms with van der Waals surface area (Å²) < 4.78 is 130. The van der Waals surface area contributed by atoms with Crippen molar-refractivity contribution in [3.8, 4) is 45.3 Å². The predicted octanol–water partition coefficient (Wildman–Crippen LogP) is 11.9. The Kier molecular flexibility index (Phi) is 4.57. The van der Waals surface area contributed by atoms with Crippen LogP contribution >= 0.6 is 0 Å². The molecule has 0 aliphatic rings. The Hall–Kier alpha value is -6.85. The molecule has 2 aromatic heterocycles. The minimum absolute atomic E-state index is 0.130.